The van der Waals surface area contributed by atoms with Crippen LogP contribution in [-0.4, -0.2) is 35.8 Å². The molecular weight excluding hydrogens is 391 g/mol. The average molecular weight is 410 g/mol. The fraction of sp³-hybridized carbons (Fsp3) is 0.182. The topological polar surface area (TPSA) is 89.8 Å². The smallest absolute Gasteiger partial charge is 0.339 e. The van der Waals surface area contributed by atoms with Gasteiger partial charge in [-0.15, -0.1) is 0 Å². The second-order valence-electron chi connectivity index (χ2n) is 6.87. The van der Waals surface area contributed by atoms with E-state index in [1.807, 2.05) is 6.07 Å². The molecule has 1 aliphatic rings. The van der Waals surface area contributed by atoms with Gasteiger partial charge < -0.3 is 24.5 Å². The maximum absolute atomic E-state index is 13.4. The predicted molar refractivity (Wildman–Crippen MR) is 107 cm³/mol. The van der Waals surface area contributed by atoms with Crippen molar-refractivity contribution in [2.75, 3.05) is 19.5 Å². The number of carboxylic acid groups (broad SMARTS) is 1. The Hall–Kier alpha value is -3.81. The molecule has 1 aromatic heterocycles. The Morgan fingerprint density at radius 2 is 1.83 bits per heavy atom. The number of anilines is 1. The number of ether oxygens (including phenoxy) is 2. The highest BCUT2D eigenvalue weighted by Crippen LogP contribution is 2.43. The number of nitrogens with one attached hydrogen (secondary N) is 1. The first-order chi connectivity index (χ1) is 14.4. The lowest BCUT2D eigenvalue weighted by Gasteiger charge is -2.26. The number of hydrogen-bond donors (Lipinski definition) is 2. The van der Waals surface area contributed by atoms with Gasteiger partial charge in [0.05, 0.1) is 25.6 Å². The SMILES string of the molecule is COc1ccc([C@H]2CC(=O)Nc3c(C(=O)O)cn(-c4ccc(F)cc4)c32)cc1OC. The fourth-order valence-electron chi connectivity index (χ4n) is 3.79. The van der Waals surface area contributed by atoms with Gasteiger partial charge in [-0.2, -0.15) is 0 Å². The molecule has 8 heteroatoms. The molecule has 0 fully saturated rings. The standard InChI is InChI=1S/C22H19FN2O5/c1-29-17-8-3-12(9-18(17)30-2)15-10-19(26)24-20-16(22(27)28)11-25(21(15)20)14-6-4-13(23)5-7-14/h3-9,11,15H,10H2,1-2H3,(H,24,26)(H,27,28)/t15-/m1/s1. The van der Waals surface area contributed by atoms with Crippen molar-refractivity contribution >= 4 is 17.6 Å². The van der Waals surface area contributed by atoms with Crippen LogP contribution in [0.2, 0.25) is 0 Å². The number of aromatic carboxylic acids is 1. The maximum Gasteiger partial charge on any atom is 0.339 e. The summed E-state index contributed by atoms with van der Waals surface area (Å²) >= 11 is 0. The van der Waals surface area contributed by atoms with E-state index in [-0.39, 0.29) is 23.6 Å². The van der Waals surface area contributed by atoms with E-state index in [0.717, 1.165) is 5.56 Å². The molecule has 7 nitrogen and oxygen atoms in total. The summed E-state index contributed by atoms with van der Waals surface area (Å²) in [5.41, 5.74) is 2.16. The third kappa shape index (κ3) is 3.26. The van der Waals surface area contributed by atoms with Crippen molar-refractivity contribution in [2.24, 2.45) is 0 Å². The number of carbonyl (C=O) groups excluding carboxylic acids is 1. The van der Waals surface area contributed by atoms with E-state index in [9.17, 15) is 19.1 Å². The van der Waals surface area contributed by atoms with Crippen LogP contribution >= 0.6 is 0 Å². The van der Waals surface area contributed by atoms with Gasteiger partial charge in [-0.05, 0) is 42.0 Å². The zero-order valence-electron chi connectivity index (χ0n) is 16.3. The molecular formula is C22H19FN2O5. The Morgan fingerprint density at radius 3 is 2.47 bits per heavy atom. The number of nitrogens with zero attached hydrogens (tertiary/aromatic N) is 1. The number of amides is 1. The number of rotatable bonds is 5. The van der Waals surface area contributed by atoms with Crippen LogP contribution in [-0.2, 0) is 4.79 Å². The molecule has 2 heterocycles. The molecule has 2 aromatic carbocycles. The van der Waals surface area contributed by atoms with Crippen molar-refractivity contribution in [1.29, 1.82) is 0 Å². The van der Waals surface area contributed by atoms with Crippen LogP contribution in [0.5, 0.6) is 11.5 Å². The molecule has 154 valence electrons. The molecule has 0 bridgehead atoms. The molecule has 2 N–H and O–H groups in total. The van der Waals surface area contributed by atoms with Crippen molar-refractivity contribution in [1.82, 2.24) is 4.57 Å². The average Bonchev–Trinajstić information content (AvgIpc) is 3.12. The minimum Gasteiger partial charge on any atom is -0.493 e. The van der Waals surface area contributed by atoms with Crippen LogP contribution in [0.15, 0.2) is 48.7 Å². The first-order valence-electron chi connectivity index (χ1n) is 9.19. The summed E-state index contributed by atoms with van der Waals surface area (Å²) in [6.45, 7) is 0. The van der Waals surface area contributed by atoms with Crippen LogP contribution in [0.3, 0.4) is 0 Å². The summed E-state index contributed by atoms with van der Waals surface area (Å²) in [5, 5.41) is 12.4. The molecule has 30 heavy (non-hydrogen) atoms. The number of methoxy groups -OCH3 is 2. The van der Waals surface area contributed by atoms with Crippen LogP contribution < -0.4 is 14.8 Å². The van der Waals surface area contributed by atoms with Crippen molar-refractivity contribution in [3.05, 3.63) is 71.3 Å². The quantitative estimate of drug-likeness (QED) is 0.668. The molecule has 1 amide bonds. The van der Waals surface area contributed by atoms with Gasteiger partial charge in [-0.3, -0.25) is 4.79 Å². The van der Waals surface area contributed by atoms with Crippen LogP contribution in [0, 0.1) is 5.82 Å². The van der Waals surface area contributed by atoms with Gasteiger partial charge in [0, 0.05) is 24.2 Å². The van der Waals surface area contributed by atoms with E-state index in [1.165, 1.54) is 32.5 Å². The summed E-state index contributed by atoms with van der Waals surface area (Å²) in [4.78, 5) is 24.3. The molecule has 0 radical (unpaired) electrons. The lowest BCUT2D eigenvalue weighted by Crippen LogP contribution is -2.25. The molecule has 1 aliphatic heterocycles. The van der Waals surface area contributed by atoms with E-state index in [2.05, 4.69) is 5.32 Å². The third-order valence-corrected chi connectivity index (χ3v) is 5.17. The van der Waals surface area contributed by atoms with Crippen LogP contribution in [0.25, 0.3) is 5.69 Å². The number of halogens is 1. The zero-order valence-corrected chi connectivity index (χ0v) is 16.3. The summed E-state index contributed by atoms with van der Waals surface area (Å²) < 4.78 is 25.8. The van der Waals surface area contributed by atoms with E-state index in [0.29, 0.717) is 22.9 Å². The molecule has 1 atom stereocenters. The first-order valence-corrected chi connectivity index (χ1v) is 9.19. The van der Waals surface area contributed by atoms with Crippen molar-refractivity contribution in [3.8, 4) is 17.2 Å². The lowest BCUT2D eigenvalue weighted by atomic mass is 9.88. The van der Waals surface area contributed by atoms with Gasteiger partial charge in [0.15, 0.2) is 11.5 Å². The minimum absolute atomic E-state index is 0.0344. The van der Waals surface area contributed by atoms with E-state index in [4.69, 9.17) is 9.47 Å². The van der Waals surface area contributed by atoms with E-state index >= 15 is 0 Å². The van der Waals surface area contributed by atoms with Crippen molar-refractivity contribution < 1.29 is 28.6 Å². The van der Waals surface area contributed by atoms with Gasteiger partial charge in [-0.25, -0.2) is 9.18 Å². The summed E-state index contributed by atoms with van der Waals surface area (Å²) in [7, 11) is 3.05. The molecule has 0 saturated heterocycles. The van der Waals surface area contributed by atoms with Crippen LogP contribution in [0.4, 0.5) is 10.1 Å². The summed E-state index contributed by atoms with van der Waals surface area (Å²) in [6, 6.07) is 11.0. The third-order valence-electron chi connectivity index (χ3n) is 5.17. The lowest BCUT2D eigenvalue weighted by molar-refractivity contribution is -0.116. The van der Waals surface area contributed by atoms with Crippen molar-refractivity contribution in [2.45, 2.75) is 12.3 Å². The second kappa shape index (κ2) is 7.55. The van der Waals surface area contributed by atoms with Gasteiger partial charge in [0.1, 0.15) is 11.4 Å². The van der Waals surface area contributed by atoms with Crippen LogP contribution in [0.1, 0.15) is 34.0 Å². The number of aromatic nitrogens is 1. The number of fused-ring (bicyclic) bond motifs is 1. The minimum atomic E-state index is -1.17. The molecule has 0 spiro atoms. The Bertz CT molecular complexity index is 1140. The Balaban J connectivity index is 1.94. The predicted octanol–water partition coefficient (Wildman–Crippen LogP) is 3.81. The highest BCUT2D eigenvalue weighted by atomic mass is 19.1. The Kier molecular flexibility index (Phi) is 4.91. The summed E-state index contributed by atoms with van der Waals surface area (Å²) in [6.07, 6.45) is 1.56. The molecule has 4 rings (SSSR count). The van der Waals surface area contributed by atoms with Gasteiger partial charge >= 0.3 is 5.97 Å². The molecule has 0 aliphatic carbocycles. The van der Waals surface area contributed by atoms with Gasteiger partial charge in [0.25, 0.3) is 0 Å². The largest absolute Gasteiger partial charge is 0.493 e. The number of carboxylic acids is 1. The monoisotopic (exact) mass is 410 g/mol. The number of carbonyl (C=O) groups is 2. The fourth-order valence-corrected chi connectivity index (χ4v) is 3.79. The van der Waals surface area contributed by atoms with Gasteiger partial charge in [-0.1, -0.05) is 6.07 Å². The first kappa shape index (κ1) is 19.5. The Labute approximate surface area is 171 Å². The highest BCUT2D eigenvalue weighted by molar-refractivity contribution is 6.04. The molecule has 0 saturated carbocycles. The van der Waals surface area contributed by atoms with E-state index in [1.54, 1.807) is 28.8 Å². The molecule has 0 unspecified atom stereocenters. The van der Waals surface area contributed by atoms with Gasteiger partial charge in [0.2, 0.25) is 5.91 Å². The zero-order chi connectivity index (χ0) is 21.4. The highest BCUT2D eigenvalue weighted by Gasteiger charge is 2.34. The van der Waals surface area contributed by atoms with Crippen molar-refractivity contribution in [3.63, 3.8) is 0 Å². The number of hydrogen-bond acceptors (Lipinski definition) is 4. The normalized spacial score (nSPS) is 15.3. The summed E-state index contributed by atoms with van der Waals surface area (Å²) in [5.74, 6) is -1.25. The maximum atomic E-state index is 13.4. The molecule has 3 aromatic rings. The second-order valence-corrected chi connectivity index (χ2v) is 6.87. The van der Waals surface area contributed by atoms with E-state index < -0.39 is 17.7 Å². The number of benzene rings is 2. The Morgan fingerprint density at radius 1 is 1.13 bits per heavy atom.